The maximum atomic E-state index is 11.9. The van der Waals surface area contributed by atoms with Crippen molar-refractivity contribution in [1.82, 2.24) is 0 Å². The number of carbonyl (C=O) groups excluding carboxylic acids is 1. The van der Waals surface area contributed by atoms with Crippen LogP contribution in [0.1, 0.15) is 32.1 Å². The van der Waals surface area contributed by atoms with Crippen molar-refractivity contribution in [3.05, 3.63) is 12.2 Å². The summed E-state index contributed by atoms with van der Waals surface area (Å²) in [5, 5.41) is 9.64. The predicted molar refractivity (Wildman–Crippen MR) is 56.2 cm³/mol. The van der Waals surface area contributed by atoms with Crippen LogP contribution in [-0.2, 0) is 9.53 Å². The number of methoxy groups -OCH3 is 1. The molecule has 0 saturated heterocycles. The minimum absolute atomic E-state index is 0.0937. The summed E-state index contributed by atoms with van der Waals surface area (Å²) in [7, 11) is 1.46. The zero-order valence-electron chi connectivity index (χ0n) is 9.11. The van der Waals surface area contributed by atoms with Gasteiger partial charge in [0.05, 0.1) is 18.6 Å². The average Bonchev–Trinajstić information content (AvgIpc) is 2.28. The lowest BCUT2D eigenvalue weighted by Gasteiger charge is -2.44. The number of carbonyl (C=O) groups is 1. The van der Waals surface area contributed by atoms with E-state index in [9.17, 15) is 9.90 Å². The summed E-state index contributed by atoms with van der Waals surface area (Å²) in [6.07, 6.45) is 7.84. The van der Waals surface area contributed by atoms with Crippen LogP contribution in [0.25, 0.3) is 0 Å². The van der Waals surface area contributed by atoms with Gasteiger partial charge in [-0.3, -0.25) is 4.79 Å². The first-order valence-corrected chi connectivity index (χ1v) is 5.60. The standard InChI is InChI=1S/C12H18O3/c1-15-11(14)12-6-3-2-4-9(12)8-10(13)5-7-12/h2-3,9-10,13H,4-8H2,1H3/t9-,10?,12+/m1/s1. The molecule has 0 aromatic heterocycles. The number of fused-ring (bicyclic) bond motifs is 1. The van der Waals surface area contributed by atoms with Crippen LogP contribution < -0.4 is 0 Å². The molecule has 1 saturated carbocycles. The molecule has 0 heterocycles. The average molecular weight is 210 g/mol. The predicted octanol–water partition coefficient (Wildman–Crippen LogP) is 1.66. The van der Waals surface area contributed by atoms with Crippen molar-refractivity contribution in [2.75, 3.05) is 7.11 Å². The summed E-state index contributed by atoms with van der Waals surface area (Å²) in [6.45, 7) is 0. The normalized spacial score (nSPS) is 39.6. The Kier molecular flexibility index (Phi) is 2.83. The molecule has 15 heavy (non-hydrogen) atoms. The van der Waals surface area contributed by atoms with Crippen molar-refractivity contribution in [2.24, 2.45) is 11.3 Å². The molecule has 2 aliphatic carbocycles. The van der Waals surface area contributed by atoms with Crippen LogP contribution in [0.15, 0.2) is 12.2 Å². The van der Waals surface area contributed by atoms with E-state index in [4.69, 9.17) is 4.74 Å². The zero-order valence-corrected chi connectivity index (χ0v) is 9.11. The summed E-state index contributed by atoms with van der Waals surface area (Å²) in [4.78, 5) is 11.9. The molecule has 3 atom stereocenters. The van der Waals surface area contributed by atoms with Gasteiger partial charge in [-0.2, -0.15) is 0 Å². The van der Waals surface area contributed by atoms with E-state index in [1.54, 1.807) is 0 Å². The third-order valence-corrected chi connectivity index (χ3v) is 3.92. The van der Waals surface area contributed by atoms with Gasteiger partial charge in [0, 0.05) is 0 Å². The van der Waals surface area contributed by atoms with Gasteiger partial charge < -0.3 is 9.84 Å². The van der Waals surface area contributed by atoms with Gasteiger partial charge in [-0.05, 0) is 38.0 Å². The second-order valence-corrected chi connectivity index (χ2v) is 4.68. The van der Waals surface area contributed by atoms with E-state index in [1.807, 2.05) is 0 Å². The molecule has 0 aliphatic heterocycles. The molecular weight excluding hydrogens is 192 g/mol. The van der Waals surface area contributed by atoms with Gasteiger partial charge in [-0.1, -0.05) is 12.2 Å². The smallest absolute Gasteiger partial charge is 0.312 e. The molecule has 2 rings (SSSR count). The molecule has 0 aromatic carbocycles. The van der Waals surface area contributed by atoms with Crippen LogP contribution >= 0.6 is 0 Å². The molecule has 84 valence electrons. The van der Waals surface area contributed by atoms with Crippen LogP contribution in [0.4, 0.5) is 0 Å². The van der Waals surface area contributed by atoms with Crippen LogP contribution in [0.5, 0.6) is 0 Å². The molecule has 0 aromatic rings. The first-order valence-electron chi connectivity index (χ1n) is 5.60. The summed E-state index contributed by atoms with van der Waals surface area (Å²) in [5.74, 6) is 0.169. The molecular formula is C12H18O3. The van der Waals surface area contributed by atoms with Gasteiger partial charge in [-0.15, -0.1) is 0 Å². The zero-order chi connectivity index (χ0) is 10.9. The van der Waals surface area contributed by atoms with Gasteiger partial charge in [-0.25, -0.2) is 0 Å². The van der Waals surface area contributed by atoms with E-state index in [1.165, 1.54) is 7.11 Å². The minimum Gasteiger partial charge on any atom is -0.469 e. The SMILES string of the molecule is COC(=O)[C@]12CC=CC[C@@H]1CC(O)CC2. The Hall–Kier alpha value is -0.830. The summed E-state index contributed by atoms with van der Waals surface area (Å²) >= 11 is 0. The fourth-order valence-electron chi connectivity index (χ4n) is 3.00. The topological polar surface area (TPSA) is 46.5 Å². The number of allylic oxidation sites excluding steroid dienone is 2. The second kappa shape index (κ2) is 3.97. The first kappa shape index (κ1) is 10.7. The minimum atomic E-state index is -0.345. The Bertz CT molecular complexity index is 285. The quantitative estimate of drug-likeness (QED) is 0.529. The monoisotopic (exact) mass is 210 g/mol. The lowest BCUT2D eigenvalue weighted by molar-refractivity contribution is -0.161. The first-order chi connectivity index (χ1) is 7.19. The van der Waals surface area contributed by atoms with Crippen molar-refractivity contribution in [1.29, 1.82) is 0 Å². The maximum absolute atomic E-state index is 11.9. The van der Waals surface area contributed by atoms with Gasteiger partial charge in [0.2, 0.25) is 0 Å². The Balaban J connectivity index is 2.25. The fraction of sp³-hybridized carbons (Fsp3) is 0.750. The molecule has 1 N–H and O–H groups in total. The van der Waals surface area contributed by atoms with Gasteiger partial charge in [0.15, 0.2) is 0 Å². The molecule has 0 amide bonds. The van der Waals surface area contributed by atoms with Crippen molar-refractivity contribution in [3.8, 4) is 0 Å². The lowest BCUT2D eigenvalue weighted by atomic mass is 9.60. The van der Waals surface area contributed by atoms with E-state index in [2.05, 4.69) is 12.2 Å². The van der Waals surface area contributed by atoms with E-state index >= 15 is 0 Å². The second-order valence-electron chi connectivity index (χ2n) is 4.68. The van der Waals surface area contributed by atoms with Crippen LogP contribution in [-0.4, -0.2) is 24.3 Å². The Morgan fingerprint density at radius 3 is 3.07 bits per heavy atom. The molecule has 1 unspecified atom stereocenters. The number of rotatable bonds is 1. The number of esters is 1. The van der Waals surface area contributed by atoms with E-state index in [0.717, 1.165) is 32.1 Å². The third kappa shape index (κ3) is 1.69. The molecule has 0 bridgehead atoms. The molecule has 2 aliphatic rings. The van der Waals surface area contributed by atoms with E-state index in [0.29, 0.717) is 0 Å². The number of hydrogen-bond acceptors (Lipinski definition) is 3. The highest BCUT2D eigenvalue weighted by Gasteiger charge is 2.49. The highest BCUT2D eigenvalue weighted by Crippen LogP contribution is 2.49. The molecule has 3 nitrogen and oxygen atoms in total. The van der Waals surface area contributed by atoms with Crippen LogP contribution in [0.3, 0.4) is 0 Å². The van der Waals surface area contributed by atoms with Crippen molar-refractivity contribution in [3.63, 3.8) is 0 Å². The summed E-state index contributed by atoms with van der Waals surface area (Å²) < 4.78 is 4.93. The Morgan fingerprint density at radius 2 is 2.33 bits per heavy atom. The number of aliphatic hydroxyl groups is 1. The number of ether oxygens (including phenoxy) is 1. The fourth-order valence-corrected chi connectivity index (χ4v) is 3.00. The molecule has 0 spiro atoms. The van der Waals surface area contributed by atoms with Gasteiger partial charge in [0.1, 0.15) is 0 Å². The van der Waals surface area contributed by atoms with Gasteiger partial charge in [0.25, 0.3) is 0 Å². The summed E-state index contributed by atoms with van der Waals surface area (Å²) in [6, 6.07) is 0. The third-order valence-electron chi connectivity index (χ3n) is 3.92. The van der Waals surface area contributed by atoms with Crippen molar-refractivity contribution in [2.45, 2.75) is 38.2 Å². The molecule has 3 heteroatoms. The van der Waals surface area contributed by atoms with Crippen molar-refractivity contribution < 1.29 is 14.6 Å². The molecule has 1 fully saturated rings. The van der Waals surface area contributed by atoms with Gasteiger partial charge >= 0.3 is 5.97 Å². The van der Waals surface area contributed by atoms with E-state index in [-0.39, 0.29) is 23.4 Å². The Morgan fingerprint density at radius 1 is 1.53 bits per heavy atom. The largest absolute Gasteiger partial charge is 0.469 e. The van der Waals surface area contributed by atoms with Crippen LogP contribution in [0.2, 0.25) is 0 Å². The lowest BCUT2D eigenvalue weighted by Crippen LogP contribution is -2.45. The maximum Gasteiger partial charge on any atom is 0.312 e. The summed E-state index contributed by atoms with van der Waals surface area (Å²) in [5.41, 5.74) is -0.345. The van der Waals surface area contributed by atoms with Crippen molar-refractivity contribution >= 4 is 5.97 Å². The highest BCUT2D eigenvalue weighted by atomic mass is 16.5. The van der Waals surface area contributed by atoms with E-state index < -0.39 is 0 Å². The number of aliphatic hydroxyl groups excluding tert-OH is 1. The highest BCUT2D eigenvalue weighted by molar-refractivity contribution is 5.77. The van der Waals surface area contributed by atoms with Crippen LogP contribution in [0, 0.1) is 11.3 Å². The Labute approximate surface area is 90.1 Å². The molecule has 0 radical (unpaired) electrons. The number of hydrogen-bond donors (Lipinski definition) is 1.